The van der Waals surface area contributed by atoms with Gasteiger partial charge in [-0.1, -0.05) is 19.4 Å². The zero-order chi connectivity index (χ0) is 16.7. The van der Waals surface area contributed by atoms with Crippen molar-refractivity contribution in [2.45, 2.75) is 71.8 Å². The Balaban J connectivity index is 1.53. The second-order valence-electron chi connectivity index (χ2n) is 9.56. The van der Waals surface area contributed by atoms with Crippen LogP contribution in [0.4, 0.5) is 0 Å². The maximum absolute atomic E-state index is 10.6. The van der Waals surface area contributed by atoms with Gasteiger partial charge in [-0.15, -0.1) is 0 Å². The lowest BCUT2D eigenvalue weighted by molar-refractivity contribution is -0.0704. The molecule has 2 heteroatoms. The van der Waals surface area contributed by atoms with Gasteiger partial charge in [0.05, 0.1) is 6.10 Å². The Morgan fingerprint density at radius 1 is 1.12 bits per heavy atom. The number of rotatable bonds is 0. The van der Waals surface area contributed by atoms with Gasteiger partial charge in [0.2, 0.25) is 0 Å². The van der Waals surface area contributed by atoms with Crippen LogP contribution < -0.4 is 0 Å². The molecule has 4 aliphatic rings. The van der Waals surface area contributed by atoms with Crippen molar-refractivity contribution in [3.05, 3.63) is 28.7 Å². The van der Waals surface area contributed by atoms with Gasteiger partial charge in [-0.2, -0.15) is 0 Å². The van der Waals surface area contributed by atoms with Crippen molar-refractivity contribution in [1.82, 2.24) is 0 Å². The number of fused-ring (bicyclic) bond motifs is 6. The Morgan fingerprint density at radius 2 is 1.96 bits per heavy atom. The van der Waals surface area contributed by atoms with Gasteiger partial charge in [0, 0.05) is 0 Å². The van der Waals surface area contributed by atoms with Crippen LogP contribution in [-0.4, -0.2) is 11.2 Å². The number of hydrogen-bond donors (Lipinski definition) is 1. The number of aliphatic hydroxyl groups is 1. The summed E-state index contributed by atoms with van der Waals surface area (Å²) in [5.74, 6) is 4.49. The third-order valence-electron chi connectivity index (χ3n) is 8.51. The molecule has 1 aromatic heterocycles. The number of allylic oxidation sites excluding steroid dienone is 1. The van der Waals surface area contributed by atoms with E-state index in [9.17, 15) is 5.11 Å². The monoisotopic (exact) mass is 326 g/mol. The molecular weight excluding hydrogens is 296 g/mol. The van der Waals surface area contributed by atoms with E-state index in [1.807, 2.05) is 0 Å². The molecule has 0 aliphatic heterocycles. The molecule has 3 fully saturated rings. The van der Waals surface area contributed by atoms with Crippen LogP contribution in [0.2, 0.25) is 0 Å². The van der Waals surface area contributed by atoms with Gasteiger partial charge in [-0.25, -0.2) is 0 Å². The average Bonchev–Trinajstić information content (AvgIpc) is 3.03. The van der Waals surface area contributed by atoms with Crippen LogP contribution in [0.3, 0.4) is 0 Å². The van der Waals surface area contributed by atoms with Gasteiger partial charge >= 0.3 is 0 Å². The molecule has 4 aliphatic carbocycles. The van der Waals surface area contributed by atoms with E-state index in [-0.39, 0.29) is 11.5 Å². The van der Waals surface area contributed by atoms with Gasteiger partial charge in [0.25, 0.3) is 0 Å². The lowest BCUT2D eigenvalue weighted by Gasteiger charge is -2.57. The molecular formula is C22H30O2. The van der Waals surface area contributed by atoms with Crippen LogP contribution in [-0.2, 0) is 6.42 Å². The second kappa shape index (κ2) is 4.78. The molecule has 24 heavy (non-hydrogen) atoms. The quantitative estimate of drug-likeness (QED) is 0.717. The van der Waals surface area contributed by atoms with Crippen LogP contribution in [0.5, 0.6) is 0 Å². The summed E-state index contributed by atoms with van der Waals surface area (Å²) in [4.78, 5) is 0. The Labute approximate surface area is 145 Å². The van der Waals surface area contributed by atoms with Gasteiger partial charge < -0.3 is 9.52 Å². The lowest BCUT2D eigenvalue weighted by Crippen LogP contribution is -2.51. The third kappa shape index (κ3) is 1.81. The van der Waals surface area contributed by atoms with E-state index in [0.717, 1.165) is 42.1 Å². The van der Waals surface area contributed by atoms with Crippen LogP contribution in [0.1, 0.15) is 69.5 Å². The number of hydrogen-bond acceptors (Lipinski definition) is 2. The molecule has 0 radical (unpaired) electrons. The fourth-order valence-electron chi connectivity index (χ4n) is 7.18. The van der Waals surface area contributed by atoms with E-state index in [2.05, 4.69) is 32.9 Å². The molecule has 130 valence electrons. The minimum atomic E-state index is -0.0670. The molecule has 0 saturated heterocycles. The van der Waals surface area contributed by atoms with E-state index >= 15 is 0 Å². The van der Waals surface area contributed by atoms with Gasteiger partial charge in [-0.05, 0) is 98.2 Å². The highest BCUT2D eigenvalue weighted by Crippen LogP contribution is 2.65. The molecule has 0 spiro atoms. The summed E-state index contributed by atoms with van der Waals surface area (Å²) in [5.41, 5.74) is 3.54. The fraction of sp³-hybridized carbons (Fsp3) is 0.727. The van der Waals surface area contributed by atoms with Crippen molar-refractivity contribution in [1.29, 1.82) is 0 Å². The van der Waals surface area contributed by atoms with Crippen molar-refractivity contribution in [3.8, 4) is 0 Å². The first-order valence-corrected chi connectivity index (χ1v) is 9.90. The average molecular weight is 326 g/mol. The summed E-state index contributed by atoms with van der Waals surface area (Å²) in [6.45, 7) is 6.96. The topological polar surface area (TPSA) is 33.4 Å². The van der Waals surface area contributed by atoms with Crippen molar-refractivity contribution in [2.75, 3.05) is 0 Å². The standard InChI is InChI=1S/C22H30O2/c1-13-10-14-12-22(3)15(11-19(14)24-13)4-5-16-17-6-7-20(23)21(17,2)9-8-18(16)22/h10-11,16-18,20,23H,4-9,12H2,1-3H3/t16?,17?,18?,20-,21?,22?/m0/s1. The van der Waals surface area contributed by atoms with E-state index in [1.165, 1.54) is 37.7 Å². The number of aliphatic hydroxyl groups excluding tert-OH is 1. The second-order valence-corrected chi connectivity index (χ2v) is 9.56. The summed E-state index contributed by atoms with van der Waals surface area (Å²) in [7, 11) is 0. The predicted molar refractivity (Wildman–Crippen MR) is 95.5 cm³/mol. The molecule has 0 amide bonds. The number of furan rings is 1. The van der Waals surface area contributed by atoms with E-state index in [4.69, 9.17) is 4.42 Å². The summed E-state index contributed by atoms with van der Waals surface area (Å²) in [6, 6.07) is 2.25. The molecule has 5 unspecified atom stereocenters. The van der Waals surface area contributed by atoms with Crippen molar-refractivity contribution in [2.24, 2.45) is 28.6 Å². The van der Waals surface area contributed by atoms with Gasteiger partial charge in [0.1, 0.15) is 11.5 Å². The highest BCUT2D eigenvalue weighted by molar-refractivity contribution is 5.58. The smallest absolute Gasteiger partial charge is 0.130 e. The molecule has 1 aromatic rings. The molecule has 3 saturated carbocycles. The first kappa shape index (κ1) is 15.3. The SMILES string of the molecule is Cc1cc2c(o1)C=C1CCC3C(CCC4(C)C3CC[C@@H]4O)C1(C)C2. The Bertz CT molecular complexity index is 714. The lowest BCUT2D eigenvalue weighted by atomic mass is 9.47. The first-order valence-electron chi connectivity index (χ1n) is 9.90. The van der Waals surface area contributed by atoms with Crippen molar-refractivity contribution >= 4 is 6.08 Å². The molecule has 0 aromatic carbocycles. The molecule has 1 heterocycles. The zero-order valence-electron chi connectivity index (χ0n) is 15.3. The highest BCUT2D eigenvalue weighted by atomic mass is 16.3. The fourth-order valence-corrected chi connectivity index (χ4v) is 7.18. The summed E-state index contributed by atoms with van der Waals surface area (Å²) < 4.78 is 5.93. The zero-order valence-corrected chi connectivity index (χ0v) is 15.3. The summed E-state index contributed by atoms with van der Waals surface area (Å²) in [5, 5.41) is 10.6. The van der Waals surface area contributed by atoms with Crippen LogP contribution in [0.25, 0.3) is 6.08 Å². The Hall–Kier alpha value is -1.02. The van der Waals surface area contributed by atoms with Gasteiger partial charge in [-0.3, -0.25) is 0 Å². The van der Waals surface area contributed by atoms with E-state index in [1.54, 1.807) is 5.57 Å². The van der Waals surface area contributed by atoms with Crippen LogP contribution >= 0.6 is 0 Å². The molecule has 5 rings (SSSR count). The minimum absolute atomic E-state index is 0.0670. The van der Waals surface area contributed by atoms with Crippen molar-refractivity contribution < 1.29 is 9.52 Å². The maximum atomic E-state index is 10.6. The molecule has 0 bridgehead atoms. The van der Waals surface area contributed by atoms with E-state index in [0.29, 0.717) is 5.41 Å². The van der Waals surface area contributed by atoms with Crippen LogP contribution in [0.15, 0.2) is 16.1 Å². The predicted octanol–water partition coefficient (Wildman–Crippen LogP) is 5.13. The molecule has 1 N–H and O–H groups in total. The highest BCUT2D eigenvalue weighted by Gasteiger charge is 2.58. The van der Waals surface area contributed by atoms with Crippen molar-refractivity contribution in [3.63, 3.8) is 0 Å². The Kier molecular flexibility index (Phi) is 3.04. The normalized spacial score (nSPS) is 46.6. The molecule has 2 nitrogen and oxygen atoms in total. The Morgan fingerprint density at radius 3 is 2.79 bits per heavy atom. The summed E-state index contributed by atoms with van der Waals surface area (Å²) in [6.07, 6.45) is 10.8. The first-order chi connectivity index (χ1) is 11.4. The van der Waals surface area contributed by atoms with Crippen LogP contribution in [0, 0.1) is 35.5 Å². The van der Waals surface area contributed by atoms with E-state index < -0.39 is 0 Å². The maximum Gasteiger partial charge on any atom is 0.130 e. The van der Waals surface area contributed by atoms with Gasteiger partial charge in [0.15, 0.2) is 0 Å². The summed E-state index contributed by atoms with van der Waals surface area (Å²) >= 11 is 0. The third-order valence-corrected chi connectivity index (χ3v) is 8.51. The minimum Gasteiger partial charge on any atom is -0.462 e. The largest absolute Gasteiger partial charge is 0.462 e. The molecule has 6 atom stereocenters. The number of aryl methyl sites for hydroxylation is 1.